The molecule has 9 nitrogen and oxygen atoms in total. The highest BCUT2D eigenvalue weighted by Crippen LogP contribution is 2.30. The minimum atomic E-state index is -0.387. The predicted octanol–water partition coefficient (Wildman–Crippen LogP) is 2.64. The molecule has 3 amide bonds. The standard InChI is InChI=1S/C26H29N5O4/c1-19-5-2-3-6-22(19)30-12-14-31(15-13-30)23-9-8-20(25(33)28-11-10-27-18-32)17-21(23)29-26(34)24-7-4-16-35-24/h2-9,16-18H,10-15H2,1H3,(H,27,32)(H,28,33)(H,29,34). The smallest absolute Gasteiger partial charge is 0.291 e. The van der Waals surface area contributed by atoms with Crippen LogP contribution in [0.15, 0.2) is 65.3 Å². The van der Waals surface area contributed by atoms with Gasteiger partial charge in [-0.3, -0.25) is 14.4 Å². The number of hydrogen-bond donors (Lipinski definition) is 3. The van der Waals surface area contributed by atoms with E-state index in [0.29, 0.717) is 30.8 Å². The monoisotopic (exact) mass is 475 g/mol. The molecular weight excluding hydrogens is 446 g/mol. The zero-order chi connectivity index (χ0) is 24.6. The van der Waals surface area contributed by atoms with Gasteiger partial charge in [-0.1, -0.05) is 18.2 Å². The van der Waals surface area contributed by atoms with Crippen LogP contribution < -0.4 is 25.8 Å². The van der Waals surface area contributed by atoms with Crippen molar-refractivity contribution in [2.45, 2.75) is 6.92 Å². The first-order valence-corrected chi connectivity index (χ1v) is 11.6. The number of nitrogens with one attached hydrogen (secondary N) is 3. The molecule has 0 bridgehead atoms. The lowest BCUT2D eigenvalue weighted by Crippen LogP contribution is -2.47. The highest BCUT2D eigenvalue weighted by molar-refractivity contribution is 6.05. The second-order valence-electron chi connectivity index (χ2n) is 8.25. The lowest BCUT2D eigenvalue weighted by molar-refractivity contribution is -0.109. The van der Waals surface area contributed by atoms with Gasteiger partial charge in [0.2, 0.25) is 6.41 Å². The highest BCUT2D eigenvalue weighted by atomic mass is 16.3. The van der Waals surface area contributed by atoms with Crippen LogP contribution in [-0.4, -0.2) is 57.5 Å². The average Bonchev–Trinajstić information content (AvgIpc) is 3.42. The first-order chi connectivity index (χ1) is 17.1. The third kappa shape index (κ3) is 5.81. The van der Waals surface area contributed by atoms with E-state index in [1.807, 2.05) is 12.1 Å². The highest BCUT2D eigenvalue weighted by Gasteiger charge is 2.22. The molecule has 1 aliphatic rings. The number of para-hydroxylation sites is 1. The van der Waals surface area contributed by atoms with Crippen LogP contribution in [0.4, 0.5) is 17.1 Å². The summed E-state index contributed by atoms with van der Waals surface area (Å²) in [5.74, 6) is -0.486. The van der Waals surface area contributed by atoms with Crippen molar-refractivity contribution in [1.29, 1.82) is 0 Å². The Bertz CT molecular complexity index is 1170. The molecule has 0 saturated carbocycles. The Morgan fingerprint density at radius 2 is 1.66 bits per heavy atom. The molecule has 3 aromatic rings. The first kappa shape index (κ1) is 23.9. The Morgan fingerprint density at radius 3 is 2.34 bits per heavy atom. The minimum Gasteiger partial charge on any atom is -0.459 e. The molecular formula is C26H29N5O4. The minimum absolute atomic E-state index is 0.190. The third-order valence-corrected chi connectivity index (χ3v) is 5.97. The van der Waals surface area contributed by atoms with E-state index in [1.165, 1.54) is 17.5 Å². The number of aryl methyl sites for hydroxylation is 1. The Morgan fingerprint density at radius 1 is 0.914 bits per heavy atom. The van der Waals surface area contributed by atoms with Crippen molar-refractivity contribution in [2.24, 2.45) is 0 Å². The Hall–Kier alpha value is -4.27. The van der Waals surface area contributed by atoms with Gasteiger partial charge in [-0.25, -0.2) is 0 Å². The number of carbonyl (C=O) groups excluding carboxylic acids is 3. The Balaban J connectivity index is 1.52. The zero-order valence-electron chi connectivity index (χ0n) is 19.6. The van der Waals surface area contributed by atoms with Crippen LogP contribution in [0.25, 0.3) is 0 Å². The number of piperazine rings is 1. The quantitative estimate of drug-likeness (QED) is 0.325. The van der Waals surface area contributed by atoms with Gasteiger partial charge in [0.25, 0.3) is 11.8 Å². The van der Waals surface area contributed by atoms with E-state index in [1.54, 1.807) is 24.3 Å². The van der Waals surface area contributed by atoms with Crippen molar-refractivity contribution in [1.82, 2.24) is 10.6 Å². The SMILES string of the molecule is Cc1ccccc1N1CCN(c2ccc(C(=O)NCCNC=O)cc2NC(=O)c2ccco2)CC1. The van der Waals surface area contributed by atoms with E-state index in [0.717, 1.165) is 31.9 Å². The molecule has 9 heteroatoms. The van der Waals surface area contributed by atoms with Crippen LogP contribution in [0, 0.1) is 6.92 Å². The molecule has 0 atom stereocenters. The summed E-state index contributed by atoms with van der Waals surface area (Å²) < 4.78 is 5.23. The summed E-state index contributed by atoms with van der Waals surface area (Å²) in [5, 5.41) is 8.17. The van der Waals surface area contributed by atoms with E-state index in [9.17, 15) is 14.4 Å². The van der Waals surface area contributed by atoms with Gasteiger partial charge in [0.15, 0.2) is 5.76 Å². The van der Waals surface area contributed by atoms with Crippen molar-refractivity contribution in [2.75, 3.05) is 54.4 Å². The molecule has 1 aliphatic heterocycles. The van der Waals surface area contributed by atoms with Gasteiger partial charge >= 0.3 is 0 Å². The fourth-order valence-electron chi connectivity index (χ4n) is 4.16. The van der Waals surface area contributed by atoms with Crippen LogP contribution in [0.3, 0.4) is 0 Å². The van der Waals surface area contributed by atoms with Gasteiger partial charge in [0, 0.05) is 50.5 Å². The maximum absolute atomic E-state index is 12.7. The predicted molar refractivity (Wildman–Crippen MR) is 135 cm³/mol. The third-order valence-electron chi connectivity index (χ3n) is 5.97. The van der Waals surface area contributed by atoms with Crippen LogP contribution in [0.1, 0.15) is 26.5 Å². The molecule has 1 fully saturated rings. The number of hydrogen-bond acceptors (Lipinski definition) is 6. The molecule has 1 saturated heterocycles. The van der Waals surface area contributed by atoms with Gasteiger partial charge < -0.3 is 30.2 Å². The average molecular weight is 476 g/mol. The second-order valence-corrected chi connectivity index (χ2v) is 8.25. The van der Waals surface area contributed by atoms with E-state index in [2.05, 4.69) is 50.9 Å². The number of anilines is 3. The molecule has 4 rings (SSSR count). The summed E-state index contributed by atoms with van der Waals surface area (Å²) >= 11 is 0. The second kappa shape index (κ2) is 11.2. The van der Waals surface area contributed by atoms with E-state index in [4.69, 9.17) is 4.42 Å². The van der Waals surface area contributed by atoms with E-state index >= 15 is 0 Å². The molecule has 2 heterocycles. The fraction of sp³-hybridized carbons (Fsp3) is 0.269. The summed E-state index contributed by atoms with van der Waals surface area (Å²) in [6.07, 6.45) is 2.03. The van der Waals surface area contributed by atoms with Gasteiger partial charge in [0.1, 0.15) is 0 Å². The largest absolute Gasteiger partial charge is 0.459 e. The normalized spacial score (nSPS) is 13.3. The number of furan rings is 1. The molecule has 35 heavy (non-hydrogen) atoms. The Kier molecular flexibility index (Phi) is 7.67. The van der Waals surface area contributed by atoms with E-state index in [-0.39, 0.29) is 17.6 Å². The van der Waals surface area contributed by atoms with Crippen molar-refractivity contribution >= 4 is 35.3 Å². The molecule has 2 aromatic carbocycles. The molecule has 3 N–H and O–H groups in total. The van der Waals surface area contributed by atoms with E-state index < -0.39 is 0 Å². The summed E-state index contributed by atoms with van der Waals surface area (Å²) in [7, 11) is 0. The summed E-state index contributed by atoms with van der Waals surface area (Å²) in [6.45, 7) is 5.95. The number of rotatable bonds is 9. The number of amides is 3. The maximum Gasteiger partial charge on any atom is 0.291 e. The number of benzene rings is 2. The topological polar surface area (TPSA) is 107 Å². The molecule has 0 aliphatic carbocycles. The van der Waals surface area contributed by atoms with Crippen LogP contribution >= 0.6 is 0 Å². The van der Waals surface area contributed by atoms with Crippen LogP contribution in [0.2, 0.25) is 0 Å². The molecule has 0 radical (unpaired) electrons. The van der Waals surface area contributed by atoms with Crippen molar-refractivity contribution in [3.63, 3.8) is 0 Å². The van der Waals surface area contributed by atoms with Gasteiger partial charge in [-0.15, -0.1) is 0 Å². The summed E-state index contributed by atoms with van der Waals surface area (Å²) in [5.41, 5.74) is 4.26. The fourth-order valence-corrected chi connectivity index (χ4v) is 4.16. The van der Waals surface area contributed by atoms with Crippen LogP contribution in [-0.2, 0) is 4.79 Å². The summed E-state index contributed by atoms with van der Waals surface area (Å²) in [4.78, 5) is 40.3. The molecule has 0 unspecified atom stereocenters. The van der Waals surface area contributed by atoms with Crippen LogP contribution in [0.5, 0.6) is 0 Å². The number of carbonyl (C=O) groups is 3. The maximum atomic E-state index is 12.7. The van der Waals surface area contributed by atoms with Gasteiger partial charge in [0.05, 0.1) is 17.6 Å². The zero-order valence-corrected chi connectivity index (χ0v) is 19.6. The Labute approximate surface area is 204 Å². The van der Waals surface area contributed by atoms with Gasteiger partial charge in [-0.2, -0.15) is 0 Å². The molecule has 182 valence electrons. The molecule has 0 spiro atoms. The summed E-state index contributed by atoms with van der Waals surface area (Å²) in [6, 6.07) is 16.9. The van der Waals surface area contributed by atoms with Crippen molar-refractivity contribution < 1.29 is 18.8 Å². The molecule has 1 aromatic heterocycles. The van der Waals surface area contributed by atoms with Crippen molar-refractivity contribution in [3.8, 4) is 0 Å². The van der Waals surface area contributed by atoms with Crippen molar-refractivity contribution in [3.05, 3.63) is 77.7 Å². The lowest BCUT2D eigenvalue weighted by Gasteiger charge is -2.38. The first-order valence-electron chi connectivity index (χ1n) is 11.6. The number of nitrogens with zero attached hydrogens (tertiary/aromatic N) is 2. The lowest BCUT2D eigenvalue weighted by atomic mass is 10.1. The van der Waals surface area contributed by atoms with Gasteiger partial charge in [-0.05, 0) is 48.9 Å².